The smallest absolute Gasteiger partial charge is 0.255 e. The Labute approximate surface area is 199 Å². The van der Waals surface area contributed by atoms with Gasteiger partial charge in [0.1, 0.15) is 0 Å². The number of carbonyl (C=O) groups excluding carboxylic acids is 2. The van der Waals surface area contributed by atoms with Crippen molar-refractivity contribution in [3.05, 3.63) is 108 Å². The van der Waals surface area contributed by atoms with Crippen molar-refractivity contribution in [3.63, 3.8) is 0 Å². The Morgan fingerprint density at radius 2 is 1.79 bits per heavy atom. The van der Waals surface area contributed by atoms with Crippen molar-refractivity contribution in [2.75, 3.05) is 13.1 Å². The van der Waals surface area contributed by atoms with Crippen LogP contribution in [0.2, 0.25) is 0 Å². The van der Waals surface area contributed by atoms with Crippen molar-refractivity contribution in [3.8, 4) is 11.3 Å². The van der Waals surface area contributed by atoms with Crippen LogP contribution in [-0.2, 0) is 4.79 Å². The lowest BCUT2D eigenvalue weighted by atomic mass is 9.93. The Morgan fingerprint density at radius 3 is 2.59 bits per heavy atom. The maximum atomic E-state index is 13.5. The number of nitrogens with one attached hydrogen (secondary N) is 2. The Bertz CT molecular complexity index is 1380. The lowest BCUT2D eigenvalue weighted by Gasteiger charge is -2.26. The highest BCUT2D eigenvalue weighted by molar-refractivity contribution is 6.02. The predicted octanol–water partition coefficient (Wildman–Crippen LogP) is 5.38. The van der Waals surface area contributed by atoms with Crippen LogP contribution < -0.4 is 5.32 Å². The number of benzene rings is 3. The fourth-order valence-electron chi connectivity index (χ4n) is 4.80. The SMILES string of the molecule is C=CCNC(=O)CCN1C(=O)c2ccccc2C1c1c(-c2ccc(C)cc2)[nH]c2ccccc12. The van der Waals surface area contributed by atoms with Gasteiger partial charge in [-0.25, -0.2) is 0 Å². The monoisotopic (exact) mass is 449 g/mol. The molecule has 0 spiro atoms. The number of carbonyl (C=O) groups is 2. The molecule has 0 saturated heterocycles. The molecule has 0 fully saturated rings. The summed E-state index contributed by atoms with van der Waals surface area (Å²) >= 11 is 0. The Hall–Kier alpha value is -4.12. The van der Waals surface area contributed by atoms with Crippen LogP contribution in [-0.4, -0.2) is 34.8 Å². The molecule has 2 heterocycles. The first-order chi connectivity index (χ1) is 16.6. The minimum atomic E-state index is -0.289. The highest BCUT2D eigenvalue weighted by Gasteiger charge is 2.40. The number of fused-ring (bicyclic) bond motifs is 2. The molecule has 2 amide bonds. The van der Waals surface area contributed by atoms with Crippen molar-refractivity contribution in [2.24, 2.45) is 0 Å². The van der Waals surface area contributed by atoms with E-state index in [1.165, 1.54) is 5.56 Å². The van der Waals surface area contributed by atoms with E-state index in [0.717, 1.165) is 33.3 Å². The van der Waals surface area contributed by atoms with Gasteiger partial charge >= 0.3 is 0 Å². The highest BCUT2D eigenvalue weighted by Crippen LogP contribution is 2.45. The zero-order valence-electron chi connectivity index (χ0n) is 19.2. The summed E-state index contributed by atoms with van der Waals surface area (Å²) < 4.78 is 0. The number of H-pyrrole nitrogens is 1. The Balaban J connectivity index is 1.65. The zero-order valence-corrected chi connectivity index (χ0v) is 19.2. The first-order valence-electron chi connectivity index (χ1n) is 11.5. The highest BCUT2D eigenvalue weighted by atomic mass is 16.2. The van der Waals surface area contributed by atoms with Gasteiger partial charge in [0.05, 0.1) is 11.7 Å². The van der Waals surface area contributed by atoms with E-state index in [-0.39, 0.29) is 24.3 Å². The van der Waals surface area contributed by atoms with Crippen LogP contribution in [0.15, 0.2) is 85.5 Å². The van der Waals surface area contributed by atoms with Gasteiger partial charge in [-0.1, -0.05) is 72.3 Å². The molecule has 0 aliphatic carbocycles. The summed E-state index contributed by atoms with van der Waals surface area (Å²) in [6.07, 6.45) is 1.88. The molecule has 1 atom stereocenters. The summed E-state index contributed by atoms with van der Waals surface area (Å²) in [6, 6.07) is 24.1. The molecule has 1 unspecified atom stereocenters. The van der Waals surface area contributed by atoms with Crippen molar-refractivity contribution in [2.45, 2.75) is 19.4 Å². The molecule has 4 aromatic rings. The van der Waals surface area contributed by atoms with Gasteiger partial charge in [0, 0.05) is 41.5 Å². The summed E-state index contributed by atoms with van der Waals surface area (Å²) in [6.45, 7) is 6.46. The molecule has 170 valence electrons. The summed E-state index contributed by atoms with van der Waals surface area (Å²) in [5.41, 5.74) is 7.00. The van der Waals surface area contributed by atoms with Crippen LogP contribution in [0.5, 0.6) is 0 Å². The minimum absolute atomic E-state index is 0.0442. The third-order valence-electron chi connectivity index (χ3n) is 6.44. The average molecular weight is 450 g/mol. The van der Waals surface area contributed by atoms with E-state index >= 15 is 0 Å². The van der Waals surface area contributed by atoms with Crippen molar-refractivity contribution >= 4 is 22.7 Å². The molecule has 3 aromatic carbocycles. The van der Waals surface area contributed by atoms with E-state index in [4.69, 9.17) is 0 Å². The second-order valence-corrected chi connectivity index (χ2v) is 8.66. The fourth-order valence-corrected chi connectivity index (χ4v) is 4.80. The number of aryl methyl sites for hydroxylation is 1. The maximum absolute atomic E-state index is 13.5. The van der Waals surface area contributed by atoms with Crippen molar-refractivity contribution in [1.29, 1.82) is 0 Å². The standard InChI is InChI=1S/C29H27N3O2/c1-3-17-30-25(33)16-18-32-28(21-8-4-5-9-22(21)29(32)34)26-23-10-6-7-11-24(23)31-27(26)20-14-12-19(2)13-15-20/h3-15,28,31H,1,16-18H2,2H3,(H,30,33). The number of aromatic nitrogens is 1. The molecule has 34 heavy (non-hydrogen) atoms. The molecule has 1 aromatic heterocycles. The van der Waals surface area contributed by atoms with Gasteiger partial charge in [-0.15, -0.1) is 6.58 Å². The van der Waals surface area contributed by atoms with E-state index < -0.39 is 0 Å². The largest absolute Gasteiger partial charge is 0.354 e. The van der Waals surface area contributed by atoms with E-state index in [1.807, 2.05) is 41.3 Å². The van der Waals surface area contributed by atoms with Gasteiger partial charge in [-0.05, 0) is 30.2 Å². The summed E-state index contributed by atoms with van der Waals surface area (Å²) in [7, 11) is 0. The summed E-state index contributed by atoms with van der Waals surface area (Å²) in [5, 5.41) is 3.89. The number of hydrogen-bond donors (Lipinski definition) is 2. The summed E-state index contributed by atoms with van der Waals surface area (Å²) in [5.74, 6) is -0.141. The van der Waals surface area contributed by atoms with E-state index in [0.29, 0.717) is 18.7 Å². The third-order valence-corrected chi connectivity index (χ3v) is 6.44. The molecule has 0 bridgehead atoms. The average Bonchev–Trinajstić information content (AvgIpc) is 3.37. The maximum Gasteiger partial charge on any atom is 0.255 e. The van der Waals surface area contributed by atoms with Gasteiger partial charge in [0.15, 0.2) is 0 Å². The first kappa shape index (κ1) is 21.7. The third kappa shape index (κ3) is 3.79. The molecule has 5 nitrogen and oxygen atoms in total. The number of rotatable bonds is 7. The van der Waals surface area contributed by atoms with Crippen molar-refractivity contribution in [1.82, 2.24) is 15.2 Å². The number of para-hydroxylation sites is 1. The molecular weight excluding hydrogens is 422 g/mol. The van der Waals surface area contributed by atoms with Gasteiger partial charge < -0.3 is 15.2 Å². The number of amides is 2. The predicted molar refractivity (Wildman–Crippen MR) is 136 cm³/mol. The van der Waals surface area contributed by atoms with E-state index in [1.54, 1.807) is 6.08 Å². The second-order valence-electron chi connectivity index (χ2n) is 8.66. The van der Waals surface area contributed by atoms with Gasteiger partial charge in [0.2, 0.25) is 5.91 Å². The van der Waals surface area contributed by atoms with E-state index in [9.17, 15) is 9.59 Å². The molecule has 0 radical (unpaired) electrons. The lowest BCUT2D eigenvalue weighted by molar-refractivity contribution is -0.121. The zero-order chi connectivity index (χ0) is 23.7. The Kier molecular flexibility index (Phi) is 5.76. The molecule has 5 rings (SSSR count). The van der Waals surface area contributed by atoms with Crippen molar-refractivity contribution < 1.29 is 9.59 Å². The quantitative estimate of drug-likeness (QED) is 0.372. The molecule has 2 N–H and O–H groups in total. The first-order valence-corrected chi connectivity index (χ1v) is 11.5. The van der Waals surface area contributed by atoms with E-state index in [2.05, 4.69) is 60.2 Å². The van der Waals surface area contributed by atoms with Crippen LogP contribution in [0.25, 0.3) is 22.2 Å². The lowest BCUT2D eigenvalue weighted by Crippen LogP contribution is -2.34. The molecule has 0 saturated carbocycles. The van der Waals surface area contributed by atoms with Crippen LogP contribution in [0.4, 0.5) is 0 Å². The number of hydrogen-bond acceptors (Lipinski definition) is 2. The van der Waals surface area contributed by atoms with Crippen LogP contribution in [0, 0.1) is 6.92 Å². The van der Waals surface area contributed by atoms with Gasteiger partial charge in [-0.2, -0.15) is 0 Å². The molecule has 5 heteroatoms. The number of nitrogens with zero attached hydrogens (tertiary/aromatic N) is 1. The topological polar surface area (TPSA) is 65.2 Å². The second kappa shape index (κ2) is 9.02. The van der Waals surface area contributed by atoms with Crippen LogP contribution >= 0.6 is 0 Å². The number of aromatic amines is 1. The minimum Gasteiger partial charge on any atom is -0.354 e. The normalized spacial score (nSPS) is 14.9. The molecule has 1 aliphatic heterocycles. The summed E-state index contributed by atoms with van der Waals surface area (Å²) in [4.78, 5) is 31.3. The molecular formula is C29H27N3O2. The van der Waals surface area contributed by atoms with Gasteiger partial charge in [0.25, 0.3) is 5.91 Å². The van der Waals surface area contributed by atoms with Crippen LogP contribution in [0.1, 0.15) is 39.5 Å². The molecule has 1 aliphatic rings. The van der Waals surface area contributed by atoms with Crippen LogP contribution in [0.3, 0.4) is 0 Å². The fraction of sp³-hybridized carbons (Fsp3) is 0.172. The Morgan fingerprint density at radius 1 is 1.06 bits per heavy atom. The van der Waals surface area contributed by atoms with Gasteiger partial charge in [-0.3, -0.25) is 9.59 Å².